The molecule has 3 aromatic rings. The van der Waals surface area contributed by atoms with Gasteiger partial charge in [-0.25, -0.2) is 9.97 Å². The van der Waals surface area contributed by atoms with Gasteiger partial charge < -0.3 is 14.7 Å². The molecule has 0 atom stereocenters. The minimum atomic E-state index is -0.381. The molecular formula is C26H28N6O3S. The van der Waals surface area contributed by atoms with Crippen molar-refractivity contribution < 1.29 is 14.1 Å². The fourth-order valence-electron chi connectivity index (χ4n) is 4.64. The van der Waals surface area contributed by atoms with Gasteiger partial charge in [-0.2, -0.15) is 0 Å². The number of carbonyl (C=O) groups excluding carboxylic acids is 2. The van der Waals surface area contributed by atoms with Gasteiger partial charge in [0, 0.05) is 31.4 Å². The Labute approximate surface area is 213 Å². The quantitative estimate of drug-likeness (QED) is 0.460. The van der Waals surface area contributed by atoms with Crippen molar-refractivity contribution in [2.45, 2.75) is 33.2 Å². The van der Waals surface area contributed by atoms with Crippen LogP contribution in [0.15, 0.2) is 46.0 Å². The van der Waals surface area contributed by atoms with Crippen LogP contribution in [0.1, 0.15) is 35.6 Å². The zero-order chi connectivity index (χ0) is 25.1. The molecule has 0 aliphatic carbocycles. The number of hydrogen-bond donors (Lipinski definition) is 2. The lowest BCUT2D eigenvalue weighted by Gasteiger charge is -2.32. The fourth-order valence-corrected chi connectivity index (χ4v) is 5.31. The molecule has 2 aromatic heterocycles. The van der Waals surface area contributed by atoms with E-state index in [9.17, 15) is 9.59 Å². The van der Waals surface area contributed by atoms with Crippen molar-refractivity contribution in [3.63, 3.8) is 0 Å². The Balaban J connectivity index is 1.12. The van der Waals surface area contributed by atoms with Crippen LogP contribution in [0.3, 0.4) is 0 Å². The van der Waals surface area contributed by atoms with Gasteiger partial charge in [-0.05, 0) is 80.2 Å². The minimum absolute atomic E-state index is 0.353. The van der Waals surface area contributed by atoms with Gasteiger partial charge >= 0.3 is 0 Å². The lowest BCUT2D eigenvalue weighted by molar-refractivity contribution is -0.115. The lowest BCUT2D eigenvalue weighted by Crippen LogP contribution is -2.38. The van der Waals surface area contributed by atoms with Crippen LogP contribution in [-0.2, 0) is 11.3 Å². The van der Waals surface area contributed by atoms with Gasteiger partial charge in [0.2, 0.25) is 5.95 Å². The molecule has 2 amide bonds. The monoisotopic (exact) mass is 504 g/mol. The average Bonchev–Trinajstić information content (AvgIpc) is 3.38. The molecule has 5 rings (SSSR count). The molecule has 9 nitrogen and oxygen atoms in total. The largest absolute Gasteiger partial charge is 0.361 e. The molecule has 36 heavy (non-hydrogen) atoms. The Bertz CT molecular complexity index is 1290. The topological polar surface area (TPSA) is 113 Å². The van der Waals surface area contributed by atoms with Crippen molar-refractivity contribution in [3.8, 4) is 11.1 Å². The molecule has 0 saturated carbocycles. The lowest BCUT2D eigenvalue weighted by atomic mass is 9.96. The summed E-state index contributed by atoms with van der Waals surface area (Å²) in [4.78, 5) is 34.7. The summed E-state index contributed by atoms with van der Waals surface area (Å²) in [6.07, 6.45) is 5.42. The Morgan fingerprint density at radius 1 is 1.22 bits per heavy atom. The normalized spacial score (nSPS) is 17.7. The van der Waals surface area contributed by atoms with Crippen molar-refractivity contribution in [1.29, 1.82) is 0 Å². The molecule has 186 valence electrons. The third kappa shape index (κ3) is 5.50. The summed E-state index contributed by atoms with van der Waals surface area (Å²) in [7, 11) is 0. The SMILES string of the molecule is Cc1noc(C)c1-c1cccc(CNCC2CCN(c3nccc(C=C4SC(=O)NC4=O)n3)CC2)c1. The van der Waals surface area contributed by atoms with E-state index in [2.05, 4.69) is 54.9 Å². The molecule has 0 bridgehead atoms. The van der Waals surface area contributed by atoms with Gasteiger partial charge in [-0.15, -0.1) is 0 Å². The number of piperidine rings is 1. The number of rotatable bonds is 7. The predicted octanol–water partition coefficient (Wildman–Crippen LogP) is 4.08. The molecule has 10 heteroatoms. The number of hydrogen-bond acceptors (Lipinski definition) is 9. The molecule has 2 saturated heterocycles. The zero-order valence-corrected chi connectivity index (χ0v) is 21.1. The van der Waals surface area contributed by atoms with Gasteiger partial charge in [-0.3, -0.25) is 14.9 Å². The van der Waals surface area contributed by atoms with E-state index in [-0.39, 0.29) is 11.1 Å². The second-order valence-corrected chi connectivity index (χ2v) is 10.1. The van der Waals surface area contributed by atoms with Crippen LogP contribution in [-0.4, -0.2) is 45.9 Å². The van der Waals surface area contributed by atoms with Crippen LogP contribution in [0.25, 0.3) is 17.2 Å². The third-order valence-corrected chi connectivity index (χ3v) is 7.30. The number of nitrogens with one attached hydrogen (secondary N) is 2. The number of anilines is 1. The molecule has 4 heterocycles. The molecule has 0 radical (unpaired) electrons. The number of amides is 2. The van der Waals surface area contributed by atoms with E-state index in [0.29, 0.717) is 22.5 Å². The number of carbonyl (C=O) groups is 2. The highest BCUT2D eigenvalue weighted by molar-refractivity contribution is 8.18. The standard InChI is InChI=1S/C26H28N6O3S/c1-16-23(17(2)35-31-16)20-5-3-4-19(12-20)15-27-14-18-7-10-32(11-8-18)25-28-9-6-21(29-25)13-22-24(33)30-26(34)36-22/h3-6,9,12-13,18,27H,7-8,10-11,14-15H2,1-2H3,(H,30,33,34). The highest BCUT2D eigenvalue weighted by Gasteiger charge is 2.26. The van der Waals surface area contributed by atoms with Crippen LogP contribution >= 0.6 is 11.8 Å². The number of benzene rings is 1. The van der Waals surface area contributed by atoms with E-state index in [4.69, 9.17) is 4.52 Å². The molecule has 2 aliphatic rings. The van der Waals surface area contributed by atoms with E-state index >= 15 is 0 Å². The van der Waals surface area contributed by atoms with Crippen LogP contribution in [0.4, 0.5) is 10.7 Å². The van der Waals surface area contributed by atoms with Crippen molar-refractivity contribution >= 4 is 34.9 Å². The Kier molecular flexibility index (Phi) is 7.15. The van der Waals surface area contributed by atoms with E-state index < -0.39 is 0 Å². The summed E-state index contributed by atoms with van der Waals surface area (Å²) in [6.45, 7) is 7.43. The molecule has 2 N–H and O–H groups in total. The van der Waals surface area contributed by atoms with Crippen molar-refractivity contribution in [1.82, 2.24) is 25.8 Å². The van der Waals surface area contributed by atoms with E-state index in [1.165, 1.54) is 5.56 Å². The number of thioether (sulfide) groups is 1. The van der Waals surface area contributed by atoms with E-state index in [1.807, 2.05) is 13.8 Å². The molecule has 2 aliphatic heterocycles. The molecule has 1 aromatic carbocycles. The number of imide groups is 1. The highest BCUT2D eigenvalue weighted by Crippen LogP contribution is 2.28. The Hall–Kier alpha value is -3.50. The maximum absolute atomic E-state index is 11.8. The van der Waals surface area contributed by atoms with Gasteiger partial charge in [0.25, 0.3) is 11.1 Å². The van der Waals surface area contributed by atoms with Gasteiger partial charge in [0.05, 0.1) is 16.3 Å². The van der Waals surface area contributed by atoms with Gasteiger partial charge in [0.1, 0.15) is 5.76 Å². The minimum Gasteiger partial charge on any atom is -0.361 e. The van der Waals surface area contributed by atoms with Crippen LogP contribution in [0, 0.1) is 19.8 Å². The maximum atomic E-state index is 11.8. The Morgan fingerprint density at radius 2 is 2.06 bits per heavy atom. The van der Waals surface area contributed by atoms with Gasteiger partial charge in [0.15, 0.2) is 0 Å². The summed E-state index contributed by atoms with van der Waals surface area (Å²) < 4.78 is 5.32. The third-order valence-electron chi connectivity index (χ3n) is 6.49. The first-order valence-corrected chi connectivity index (χ1v) is 12.8. The maximum Gasteiger partial charge on any atom is 0.290 e. The molecular weight excluding hydrogens is 476 g/mol. The van der Waals surface area contributed by atoms with Crippen molar-refractivity contribution in [2.75, 3.05) is 24.5 Å². The van der Waals surface area contributed by atoms with Crippen LogP contribution < -0.4 is 15.5 Å². The second-order valence-electron chi connectivity index (χ2n) is 9.09. The number of nitrogens with zero attached hydrogens (tertiary/aromatic N) is 4. The first kappa shape index (κ1) is 24.2. The van der Waals surface area contributed by atoms with Gasteiger partial charge in [-0.1, -0.05) is 23.4 Å². The fraction of sp³-hybridized carbons (Fsp3) is 0.346. The summed E-state index contributed by atoms with van der Waals surface area (Å²) in [6, 6.07) is 10.3. The van der Waals surface area contributed by atoms with E-state index in [0.717, 1.165) is 73.4 Å². The Morgan fingerprint density at radius 3 is 2.78 bits per heavy atom. The predicted molar refractivity (Wildman–Crippen MR) is 139 cm³/mol. The van der Waals surface area contributed by atoms with Crippen LogP contribution in [0.2, 0.25) is 0 Å². The number of aryl methyl sites for hydroxylation is 2. The highest BCUT2D eigenvalue weighted by atomic mass is 32.2. The summed E-state index contributed by atoms with van der Waals surface area (Å²) in [5, 5.41) is 9.60. The van der Waals surface area contributed by atoms with E-state index in [1.54, 1.807) is 18.3 Å². The second kappa shape index (κ2) is 10.6. The zero-order valence-electron chi connectivity index (χ0n) is 20.3. The number of aromatic nitrogens is 3. The summed E-state index contributed by atoms with van der Waals surface area (Å²) in [5.74, 6) is 1.70. The first-order chi connectivity index (χ1) is 17.5. The summed E-state index contributed by atoms with van der Waals surface area (Å²) in [5.41, 5.74) is 4.98. The van der Waals surface area contributed by atoms with Crippen LogP contribution in [0.5, 0.6) is 0 Å². The summed E-state index contributed by atoms with van der Waals surface area (Å²) >= 11 is 0.891. The van der Waals surface area contributed by atoms with Crippen molar-refractivity contribution in [3.05, 3.63) is 64.1 Å². The first-order valence-electron chi connectivity index (χ1n) is 12.0. The molecule has 0 unspecified atom stereocenters. The van der Waals surface area contributed by atoms with Crippen molar-refractivity contribution in [2.24, 2.45) is 5.92 Å². The molecule has 0 spiro atoms. The average molecular weight is 505 g/mol. The smallest absolute Gasteiger partial charge is 0.290 e. The molecule has 2 fully saturated rings.